The third-order valence-electron chi connectivity index (χ3n) is 3.65. The normalized spacial score (nSPS) is 11.4. The molecule has 0 aliphatic rings. The number of carbonyl (C=O) groups excluding carboxylic acids is 2. The Kier molecular flexibility index (Phi) is 7.07. The predicted molar refractivity (Wildman–Crippen MR) is 104 cm³/mol. The van der Waals surface area contributed by atoms with Gasteiger partial charge in [-0.2, -0.15) is 0 Å². The van der Waals surface area contributed by atoms with Gasteiger partial charge in [0.1, 0.15) is 11.5 Å². The fraction of sp³-hybridized carbons (Fsp3) is 0.300. The number of amides is 1. The van der Waals surface area contributed by atoms with E-state index in [1.54, 1.807) is 18.2 Å². The minimum atomic E-state index is -0.985. The molecule has 27 heavy (non-hydrogen) atoms. The lowest BCUT2D eigenvalue weighted by Crippen LogP contribution is -2.31. The molecule has 2 aromatic carbocycles. The first-order valence-corrected chi connectivity index (χ1v) is 8.71. The van der Waals surface area contributed by atoms with Crippen molar-refractivity contribution in [1.29, 1.82) is 0 Å². The van der Waals surface area contributed by atoms with Gasteiger partial charge in [0.2, 0.25) is 0 Å². The van der Waals surface area contributed by atoms with Gasteiger partial charge < -0.3 is 19.5 Å². The third kappa shape index (κ3) is 6.18. The number of carbonyl (C=O) groups is 2. The lowest BCUT2D eigenvalue weighted by atomic mass is 10.1. The molecule has 0 saturated carbocycles. The highest BCUT2D eigenvalue weighted by molar-refractivity contribution is 6.32. The number of aryl methyl sites for hydroxylation is 2. The number of nitrogens with one attached hydrogen (secondary N) is 1. The second-order valence-electron chi connectivity index (χ2n) is 6.08. The molecule has 0 saturated heterocycles. The van der Waals surface area contributed by atoms with Crippen LogP contribution < -0.4 is 14.8 Å². The van der Waals surface area contributed by atoms with Crippen molar-refractivity contribution in [1.82, 2.24) is 0 Å². The van der Waals surface area contributed by atoms with Crippen LogP contribution in [0.3, 0.4) is 0 Å². The number of rotatable bonds is 7. The van der Waals surface area contributed by atoms with Crippen molar-refractivity contribution in [3.63, 3.8) is 0 Å². The van der Waals surface area contributed by atoms with Crippen LogP contribution in [0.4, 0.5) is 5.69 Å². The molecule has 0 spiro atoms. The molecular formula is C20H22ClNO5. The van der Waals surface area contributed by atoms with E-state index >= 15 is 0 Å². The van der Waals surface area contributed by atoms with Gasteiger partial charge in [-0.25, -0.2) is 4.79 Å². The van der Waals surface area contributed by atoms with Crippen LogP contribution in [0, 0.1) is 13.8 Å². The van der Waals surface area contributed by atoms with Gasteiger partial charge in [0.05, 0.1) is 12.1 Å². The summed E-state index contributed by atoms with van der Waals surface area (Å²) in [5.74, 6) is -0.0346. The highest BCUT2D eigenvalue weighted by Crippen LogP contribution is 2.27. The molecule has 0 unspecified atom stereocenters. The number of methoxy groups -OCH3 is 1. The Morgan fingerprint density at radius 1 is 1.11 bits per heavy atom. The van der Waals surface area contributed by atoms with Gasteiger partial charge >= 0.3 is 5.97 Å². The molecule has 2 aromatic rings. The molecule has 0 aliphatic carbocycles. The first-order chi connectivity index (χ1) is 12.8. The molecule has 144 valence electrons. The predicted octanol–water partition coefficient (Wildman–Crippen LogP) is 3.91. The van der Waals surface area contributed by atoms with Crippen molar-refractivity contribution in [2.45, 2.75) is 26.9 Å². The molecule has 0 heterocycles. The van der Waals surface area contributed by atoms with Gasteiger partial charge in [-0.1, -0.05) is 17.7 Å². The van der Waals surface area contributed by atoms with Crippen molar-refractivity contribution in [3.8, 4) is 11.5 Å². The van der Waals surface area contributed by atoms with Crippen molar-refractivity contribution in [2.24, 2.45) is 0 Å². The van der Waals surface area contributed by atoms with Gasteiger partial charge in [-0.3, -0.25) is 4.79 Å². The van der Waals surface area contributed by atoms with Crippen LogP contribution in [-0.2, 0) is 14.3 Å². The lowest BCUT2D eigenvalue weighted by Gasteiger charge is -2.14. The Balaban J connectivity index is 1.86. The Hall–Kier alpha value is -2.73. The van der Waals surface area contributed by atoms with Crippen LogP contribution in [0.5, 0.6) is 11.5 Å². The van der Waals surface area contributed by atoms with E-state index in [-0.39, 0.29) is 6.61 Å². The molecule has 6 nitrogen and oxygen atoms in total. The summed E-state index contributed by atoms with van der Waals surface area (Å²) < 4.78 is 15.6. The van der Waals surface area contributed by atoms with Crippen molar-refractivity contribution >= 4 is 29.2 Å². The molecule has 1 N–H and O–H groups in total. The fourth-order valence-electron chi connectivity index (χ4n) is 2.43. The number of benzene rings is 2. The quantitative estimate of drug-likeness (QED) is 0.724. The zero-order chi connectivity index (χ0) is 20.0. The molecular weight excluding hydrogens is 370 g/mol. The van der Waals surface area contributed by atoms with E-state index < -0.39 is 18.0 Å². The maximum absolute atomic E-state index is 12.2. The van der Waals surface area contributed by atoms with Gasteiger partial charge in [0, 0.05) is 5.69 Å². The second kappa shape index (κ2) is 9.28. The average Bonchev–Trinajstić information content (AvgIpc) is 2.59. The maximum Gasteiger partial charge on any atom is 0.344 e. The zero-order valence-corrected chi connectivity index (χ0v) is 16.4. The Morgan fingerprint density at radius 3 is 2.37 bits per heavy atom. The Bertz CT molecular complexity index is 817. The van der Waals surface area contributed by atoms with Crippen molar-refractivity contribution in [3.05, 3.63) is 52.5 Å². The first-order valence-electron chi connectivity index (χ1n) is 8.33. The molecule has 0 radical (unpaired) electrons. The summed E-state index contributed by atoms with van der Waals surface area (Å²) in [6.07, 6.45) is -0.985. The molecule has 7 heteroatoms. The number of ether oxygens (including phenoxy) is 3. The smallest absolute Gasteiger partial charge is 0.344 e. The zero-order valence-electron chi connectivity index (χ0n) is 15.7. The fourth-order valence-corrected chi connectivity index (χ4v) is 2.69. The van der Waals surface area contributed by atoms with E-state index in [9.17, 15) is 9.59 Å². The van der Waals surface area contributed by atoms with Crippen LogP contribution in [0.25, 0.3) is 0 Å². The number of hydrogen-bond acceptors (Lipinski definition) is 5. The lowest BCUT2D eigenvalue weighted by molar-refractivity contribution is -0.155. The number of anilines is 1. The van der Waals surface area contributed by atoms with Crippen molar-refractivity contribution < 1.29 is 23.8 Å². The summed E-state index contributed by atoms with van der Waals surface area (Å²) in [4.78, 5) is 24.1. The maximum atomic E-state index is 12.2. The second-order valence-corrected chi connectivity index (χ2v) is 6.49. The summed E-state index contributed by atoms with van der Waals surface area (Å²) >= 11 is 6.02. The highest BCUT2D eigenvalue weighted by atomic mass is 35.5. The number of hydrogen-bond donors (Lipinski definition) is 1. The Morgan fingerprint density at radius 2 is 1.78 bits per heavy atom. The molecule has 0 bridgehead atoms. The standard InChI is InChI=1S/C20H22ClNO5/c1-12-7-13(2)9-16(8-12)26-11-19(23)27-14(3)20(24)22-15-5-6-18(25-4)17(21)10-15/h5-10,14H,11H2,1-4H3,(H,22,24)/t14-/m0/s1. The highest BCUT2D eigenvalue weighted by Gasteiger charge is 2.19. The summed E-state index contributed by atoms with van der Waals surface area (Å²) in [6.45, 7) is 5.08. The largest absolute Gasteiger partial charge is 0.495 e. The van der Waals surface area contributed by atoms with E-state index in [1.807, 2.05) is 32.0 Å². The van der Waals surface area contributed by atoms with E-state index in [4.69, 9.17) is 25.8 Å². The molecule has 0 aromatic heterocycles. The molecule has 0 aliphatic heterocycles. The minimum absolute atomic E-state index is 0.283. The SMILES string of the molecule is COc1ccc(NC(=O)[C@H](C)OC(=O)COc2cc(C)cc(C)c2)cc1Cl. The summed E-state index contributed by atoms with van der Waals surface area (Å²) in [5, 5.41) is 2.99. The van der Waals surface area contributed by atoms with Gasteiger partial charge in [0.15, 0.2) is 12.7 Å². The monoisotopic (exact) mass is 391 g/mol. The van der Waals surface area contributed by atoms with Crippen molar-refractivity contribution in [2.75, 3.05) is 19.0 Å². The van der Waals surface area contributed by atoms with Crippen LogP contribution in [0.15, 0.2) is 36.4 Å². The molecule has 1 amide bonds. The van der Waals surface area contributed by atoms with Crippen LogP contribution >= 0.6 is 11.6 Å². The van der Waals surface area contributed by atoms with Gasteiger partial charge in [-0.15, -0.1) is 0 Å². The number of halogens is 1. The van der Waals surface area contributed by atoms with Crippen LogP contribution in [0.1, 0.15) is 18.1 Å². The first kappa shape index (κ1) is 20.6. The van der Waals surface area contributed by atoms with Gasteiger partial charge in [-0.05, 0) is 62.2 Å². The minimum Gasteiger partial charge on any atom is -0.495 e. The van der Waals surface area contributed by atoms with E-state index in [2.05, 4.69) is 5.32 Å². The molecule has 0 fully saturated rings. The Labute approximate surface area is 163 Å². The van der Waals surface area contributed by atoms with Gasteiger partial charge in [0.25, 0.3) is 5.91 Å². The summed E-state index contributed by atoms with van der Waals surface area (Å²) in [5.41, 5.74) is 2.54. The van der Waals surface area contributed by atoms with E-state index in [0.717, 1.165) is 11.1 Å². The number of esters is 1. The third-order valence-corrected chi connectivity index (χ3v) is 3.94. The molecule has 1 atom stereocenters. The summed E-state index contributed by atoms with van der Waals surface area (Å²) in [7, 11) is 1.50. The molecule has 2 rings (SSSR count). The van der Waals surface area contributed by atoms with Crippen LogP contribution in [-0.4, -0.2) is 31.7 Å². The van der Waals surface area contributed by atoms with E-state index in [1.165, 1.54) is 14.0 Å². The van der Waals surface area contributed by atoms with Crippen LogP contribution in [0.2, 0.25) is 5.02 Å². The average molecular weight is 392 g/mol. The van der Waals surface area contributed by atoms with E-state index in [0.29, 0.717) is 22.2 Å². The summed E-state index contributed by atoms with van der Waals surface area (Å²) in [6, 6.07) is 10.5. The topological polar surface area (TPSA) is 73.9 Å².